The Balaban J connectivity index is 1.96. The number of hydrogen-bond donors (Lipinski definition) is 5. The quantitative estimate of drug-likeness (QED) is 0.205. The Kier molecular flexibility index (Phi) is 5.82. The largest absolute Gasteiger partial charge is 0.510 e. The minimum absolute atomic E-state index is 0.0538. The lowest BCUT2D eigenvalue weighted by atomic mass is 9.58. The summed E-state index contributed by atoms with van der Waals surface area (Å²) in [6.07, 6.45) is 1.09. The van der Waals surface area contributed by atoms with Crippen LogP contribution in [0.5, 0.6) is 5.75 Å². The van der Waals surface area contributed by atoms with Crippen LogP contribution in [0.3, 0.4) is 0 Å². The zero-order valence-electron chi connectivity index (χ0n) is 18.1. The van der Waals surface area contributed by atoms with Crippen molar-refractivity contribution in [2.75, 3.05) is 18.5 Å². The standard InChI is InChI=1S/C23H25IN2O7/c1-26(2)17-12-8-10-7-11-9(5-6-24)3-4-13(27)15(11)18(28)14(10)20(30)23(12,33)21(31)16(19(17)29)22(25)32/h3-4,10,12,17,27,29-30,33H,5-8H2,1-2H3,(H2,25,32)/t10-,12-,17-,23-/m0/s1. The summed E-state index contributed by atoms with van der Waals surface area (Å²) in [7, 11) is 3.20. The van der Waals surface area contributed by atoms with E-state index in [-0.39, 0.29) is 23.3 Å². The third kappa shape index (κ3) is 3.22. The fraction of sp³-hybridized carbons (Fsp3) is 0.435. The summed E-state index contributed by atoms with van der Waals surface area (Å²) < 4.78 is 0.802. The average molecular weight is 568 g/mol. The van der Waals surface area contributed by atoms with E-state index < -0.39 is 58.0 Å². The molecule has 3 aliphatic rings. The third-order valence-corrected chi connectivity index (χ3v) is 7.61. The number of alkyl halides is 1. The van der Waals surface area contributed by atoms with E-state index in [9.17, 15) is 34.8 Å². The summed E-state index contributed by atoms with van der Waals surface area (Å²) in [6, 6.07) is 2.21. The first-order chi connectivity index (χ1) is 15.5. The molecular weight excluding hydrogens is 543 g/mol. The molecule has 1 aromatic carbocycles. The maximum absolute atomic E-state index is 13.5. The lowest BCUT2D eigenvalue weighted by Gasteiger charge is -2.50. The molecule has 0 saturated carbocycles. The van der Waals surface area contributed by atoms with Gasteiger partial charge >= 0.3 is 0 Å². The minimum Gasteiger partial charge on any atom is -0.510 e. The second-order valence-electron chi connectivity index (χ2n) is 9.00. The van der Waals surface area contributed by atoms with Gasteiger partial charge in [0.15, 0.2) is 11.4 Å². The summed E-state index contributed by atoms with van der Waals surface area (Å²) >= 11 is 2.22. The van der Waals surface area contributed by atoms with E-state index in [2.05, 4.69) is 22.6 Å². The highest BCUT2D eigenvalue weighted by Crippen LogP contribution is 2.52. The Morgan fingerprint density at radius 3 is 2.48 bits per heavy atom. The monoisotopic (exact) mass is 568 g/mol. The van der Waals surface area contributed by atoms with Crippen molar-refractivity contribution in [3.8, 4) is 5.75 Å². The molecule has 0 aliphatic heterocycles. The number of fused-ring (bicyclic) bond motifs is 3. The molecule has 0 unspecified atom stereocenters. The van der Waals surface area contributed by atoms with E-state index in [1.165, 1.54) is 11.0 Å². The van der Waals surface area contributed by atoms with Crippen molar-refractivity contribution in [2.24, 2.45) is 17.6 Å². The van der Waals surface area contributed by atoms with E-state index >= 15 is 0 Å². The Morgan fingerprint density at radius 1 is 1.24 bits per heavy atom. The van der Waals surface area contributed by atoms with Crippen molar-refractivity contribution in [1.29, 1.82) is 0 Å². The molecule has 1 amide bonds. The van der Waals surface area contributed by atoms with Crippen LogP contribution in [0.25, 0.3) is 0 Å². The smallest absolute Gasteiger partial charge is 0.255 e. The molecule has 0 heterocycles. The Bertz CT molecular complexity index is 1160. The van der Waals surface area contributed by atoms with Crippen LogP contribution in [-0.2, 0) is 22.4 Å². The van der Waals surface area contributed by atoms with Gasteiger partial charge in [-0.2, -0.15) is 0 Å². The maximum atomic E-state index is 13.5. The van der Waals surface area contributed by atoms with E-state index in [1.54, 1.807) is 20.2 Å². The van der Waals surface area contributed by atoms with Gasteiger partial charge in [-0.3, -0.25) is 19.3 Å². The summed E-state index contributed by atoms with van der Waals surface area (Å²) in [5.41, 5.74) is 3.40. The third-order valence-electron chi connectivity index (χ3n) is 7.07. The number of hydrogen-bond acceptors (Lipinski definition) is 8. The minimum atomic E-state index is -2.61. The molecule has 0 fully saturated rings. The number of rotatable bonds is 4. The summed E-state index contributed by atoms with van der Waals surface area (Å²) in [6.45, 7) is 0. The second kappa shape index (κ2) is 8.10. The topological polar surface area (TPSA) is 161 Å². The van der Waals surface area contributed by atoms with Crippen LogP contribution in [0, 0.1) is 11.8 Å². The molecule has 6 N–H and O–H groups in total. The molecule has 0 spiro atoms. The van der Waals surface area contributed by atoms with Gasteiger partial charge in [-0.25, -0.2) is 0 Å². The van der Waals surface area contributed by atoms with Crippen LogP contribution < -0.4 is 5.73 Å². The number of phenolic OH excluding ortho intramolecular Hbond substituents is 1. The molecule has 0 bridgehead atoms. The highest BCUT2D eigenvalue weighted by molar-refractivity contribution is 14.1. The number of ketones is 2. The van der Waals surface area contributed by atoms with Crippen LogP contribution in [0.4, 0.5) is 0 Å². The van der Waals surface area contributed by atoms with Gasteiger partial charge < -0.3 is 26.2 Å². The zero-order chi connectivity index (χ0) is 24.4. The van der Waals surface area contributed by atoms with Crippen LogP contribution >= 0.6 is 22.6 Å². The lowest BCUT2D eigenvalue weighted by Crippen LogP contribution is -2.63. The molecule has 0 saturated heterocycles. The van der Waals surface area contributed by atoms with Gasteiger partial charge in [0, 0.05) is 15.9 Å². The molecule has 4 rings (SSSR count). The second-order valence-corrected chi connectivity index (χ2v) is 10.1. The fourth-order valence-corrected chi connectivity index (χ4v) is 6.23. The van der Waals surface area contributed by atoms with Crippen molar-refractivity contribution in [3.05, 3.63) is 51.5 Å². The number of benzene rings is 1. The number of aryl methyl sites for hydroxylation is 1. The molecule has 0 radical (unpaired) electrons. The van der Waals surface area contributed by atoms with E-state index in [0.717, 1.165) is 9.99 Å². The van der Waals surface area contributed by atoms with Gasteiger partial charge in [0.2, 0.25) is 5.78 Å². The average Bonchev–Trinajstić information content (AvgIpc) is 2.72. The summed E-state index contributed by atoms with van der Waals surface area (Å²) in [5.74, 6) is -6.36. The van der Waals surface area contributed by atoms with Crippen LogP contribution in [0.1, 0.15) is 27.9 Å². The molecule has 10 heteroatoms. The number of allylic oxidation sites excluding steroid dienone is 1. The molecule has 0 aromatic heterocycles. The number of nitrogens with two attached hydrogens (primary N) is 1. The Morgan fingerprint density at radius 2 is 1.91 bits per heavy atom. The van der Waals surface area contributed by atoms with Crippen molar-refractivity contribution in [2.45, 2.75) is 30.9 Å². The molecule has 33 heavy (non-hydrogen) atoms. The molecule has 176 valence electrons. The van der Waals surface area contributed by atoms with E-state index in [1.807, 2.05) is 0 Å². The summed E-state index contributed by atoms with van der Waals surface area (Å²) in [5, 5.41) is 43.9. The first-order valence-corrected chi connectivity index (χ1v) is 12.0. The number of nitrogens with zero attached hydrogens (tertiary/aromatic N) is 1. The number of halogens is 1. The van der Waals surface area contributed by atoms with Gasteiger partial charge in [-0.05, 0) is 56.5 Å². The number of aliphatic hydroxyl groups is 3. The fourth-order valence-electron chi connectivity index (χ4n) is 5.65. The SMILES string of the molecule is CN(C)[C@@H]1C(O)=C(C(N)=O)C(=O)[C@@]2(O)C(O)=C3C(=O)c4c(O)ccc(CCI)c4C[C@H]3C[C@@H]12. The van der Waals surface area contributed by atoms with Crippen LogP contribution in [0.15, 0.2) is 34.8 Å². The Hall–Kier alpha value is -2.44. The summed E-state index contributed by atoms with van der Waals surface area (Å²) in [4.78, 5) is 40.2. The van der Waals surface area contributed by atoms with Crippen molar-refractivity contribution in [3.63, 3.8) is 0 Å². The molecule has 4 atom stereocenters. The van der Waals surface area contributed by atoms with Crippen molar-refractivity contribution >= 4 is 40.1 Å². The lowest BCUT2D eigenvalue weighted by molar-refractivity contribution is -0.148. The normalized spacial score (nSPS) is 29.2. The predicted octanol–water partition coefficient (Wildman–Crippen LogP) is 1.10. The number of phenols is 1. The molecule has 3 aliphatic carbocycles. The van der Waals surface area contributed by atoms with Gasteiger partial charge in [-0.15, -0.1) is 0 Å². The Labute approximate surface area is 203 Å². The van der Waals surface area contributed by atoms with E-state index in [4.69, 9.17) is 5.73 Å². The van der Waals surface area contributed by atoms with Crippen LogP contribution in [0.2, 0.25) is 0 Å². The molecular formula is C23H25IN2O7. The van der Waals surface area contributed by atoms with Gasteiger partial charge in [0.1, 0.15) is 22.8 Å². The first-order valence-electron chi connectivity index (χ1n) is 10.5. The van der Waals surface area contributed by atoms with E-state index in [0.29, 0.717) is 18.4 Å². The number of aliphatic hydroxyl groups excluding tert-OH is 2. The van der Waals surface area contributed by atoms with Crippen molar-refractivity contribution in [1.82, 2.24) is 4.90 Å². The van der Waals surface area contributed by atoms with Crippen LogP contribution in [-0.4, -0.2) is 73.0 Å². The number of primary amides is 1. The molecule has 1 aromatic rings. The molecule has 9 nitrogen and oxygen atoms in total. The predicted molar refractivity (Wildman–Crippen MR) is 126 cm³/mol. The number of likely N-dealkylation sites (N-methyl/N-ethyl adjacent to an activating group) is 1. The highest BCUT2D eigenvalue weighted by Gasteiger charge is 2.63. The number of Topliss-reactive ketones (excluding diaryl/α,β-unsaturated/α-hetero) is 2. The van der Waals surface area contributed by atoms with Gasteiger partial charge in [0.05, 0.1) is 11.6 Å². The zero-order valence-corrected chi connectivity index (χ0v) is 20.3. The highest BCUT2D eigenvalue weighted by atomic mass is 127. The number of carbonyl (C=O) groups excluding carboxylic acids is 3. The van der Waals surface area contributed by atoms with Gasteiger partial charge in [0.25, 0.3) is 5.91 Å². The number of aromatic hydroxyl groups is 1. The van der Waals surface area contributed by atoms with Gasteiger partial charge in [-0.1, -0.05) is 28.7 Å². The number of amides is 1. The first kappa shape index (κ1) is 23.7. The maximum Gasteiger partial charge on any atom is 0.255 e. The van der Waals surface area contributed by atoms with Crippen molar-refractivity contribution < 1.29 is 34.8 Å². The number of carbonyl (C=O) groups is 3.